The van der Waals surface area contributed by atoms with Gasteiger partial charge in [0.1, 0.15) is 11.5 Å². The van der Waals surface area contributed by atoms with E-state index in [1.54, 1.807) is 12.1 Å². The Hall–Kier alpha value is -0.940. The Balaban J connectivity index is 3.63. The van der Waals surface area contributed by atoms with Crippen LogP contribution in [0, 0.1) is 0 Å². The first-order valence-electron chi connectivity index (χ1n) is 4.64. The third kappa shape index (κ3) is 2.41. The predicted molar refractivity (Wildman–Crippen MR) is 62.0 cm³/mol. The van der Waals surface area contributed by atoms with Gasteiger partial charge >= 0.3 is 0 Å². The Labute approximate surface area is 99.6 Å². The Morgan fingerprint density at radius 1 is 1.25 bits per heavy atom. The molecule has 90 valence electrons. The number of halogens is 1. The van der Waals surface area contributed by atoms with E-state index in [1.165, 1.54) is 14.2 Å². The summed E-state index contributed by atoms with van der Waals surface area (Å²) in [6.45, 7) is 1.90. The standard InChI is InChI=1S/C10H13ClO4S/c1-4-7-5-6-8(14-2)10(9(7)15-3)16(11,12)13/h5-6H,4H2,1-3H3. The average molecular weight is 265 g/mol. The van der Waals surface area contributed by atoms with E-state index in [-0.39, 0.29) is 16.4 Å². The van der Waals surface area contributed by atoms with Gasteiger partial charge in [0.15, 0.2) is 4.90 Å². The third-order valence-corrected chi connectivity index (χ3v) is 3.54. The Bertz CT molecular complexity index is 482. The minimum Gasteiger partial charge on any atom is -0.495 e. The summed E-state index contributed by atoms with van der Waals surface area (Å²) < 4.78 is 33.0. The molecule has 16 heavy (non-hydrogen) atoms. The van der Waals surface area contributed by atoms with E-state index in [2.05, 4.69) is 0 Å². The van der Waals surface area contributed by atoms with E-state index in [0.29, 0.717) is 6.42 Å². The van der Waals surface area contributed by atoms with Gasteiger partial charge in [0, 0.05) is 10.7 Å². The van der Waals surface area contributed by atoms with Crippen molar-refractivity contribution in [3.8, 4) is 11.5 Å². The molecule has 1 aromatic carbocycles. The quantitative estimate of drug-likeness (QED) is 0.783. The first-order valence-corrected chi connectivity index (χ1v) is 6.95. The van der Waals surface area contributed by atoms with Crippen LogP contribution in [0.15, 0.2) is 17.0 Å². The lowest BCUT2D eigenvalue weighted by atomic mass is 10.1. The first-order chi connectivity index (χ1) is 7.45. The molecule has 0 aliphatic heterocycles. The first kappa shape index (κ1) is 13.1. The van der Waals surface area contributed by atoms with Crippen LogP contribution in [0.3, 0.4) is 0 Å². The van der Waals surface area contributed by atoms with Gasteiger partial charge < -0.3 is 9.47 Å². The molecule has 0 unspecified atom stereocenters. The van der Waals surface area contributed by atoms with Crippen LogP contribution in [-0.2, 0) is 15.5 Å². The molecule has 4 nitrogen and oxygen atoms in total. The average Bonchev–Trinajstić information content (AvgIpc) is 2.25. The van der Waals surface area contributed by atoms with Crippen LogP contribution in [0.5, 0.6) is 11.5 Å². The second-order valence-corrected chi connectivity index (χ2v) is 5.58. The summed E-state index contributed by atoms with van der Waals surface area (Å²) in [7, 11) is 4.25. The van der Waals surface area contributed by atoms with Crippen LogP contribution in [0.4, 0.5) is 0 Å². The van der Waals surface area contributed by atoms with Crippen LogP contribution in [0.2, 0.25) is 0 Å². The van der Waals surface area contributed by atoms with Crippen LogP contribution in [0.25, 0.3) is 0 Å². The molecule has 0 fully saturated rings. The molecule has 6 heteroatoms. The van der Waals surface area contributed by atoms with Crippen LogP contribution in [-0.4, -0.2) is 22.6 Å². The largest absolute Gasteiger partial charge is 0.495 e. The number of benzene rings is 1. The van der Waals surface area contributed by atoms with Crippen molar-refractivity contribution in [2.75, 3.05) is 14.2 Å². The van der Waals surface area contributed by atoms with E-state index in [4.69, 9.17) is 20.2 Å². The van der Waals surface area contributed by atoms with Crippen molar-refractivity contribution in [3.63, 3.8) is 0 Å². The Morgan fingerprint density at radius 3 is 2.25 bits per heavy atom. The predicted octanol–water partition coefficient (Wildman–Crippen LogP) is 2.19. The molecule has 0 radical (unpaired) electrons. The van der Waals surface area contributed by atoms with Crippen molar-refractivity contribution < 1.29 is 17.9 Å². The van der Waals surface area contributed by atoms with Gasteiger partial charge in [0.25, 0.3) is 9.05 Å². The molecule has 0 bridgehead atoms. The van der Waals surface area contributed by atoms with Crippen molar-refractivity contribution in [1.82, 2.24) is 0 Å². The third-order valence-electron chi connectivity index (χ3n) is 2.21. The lowest BCUT2D eigenvalue weighted by Crippen LogP contribution is -2.02. The van der Waals surface area contributed by atoms with Crippen LogP contribution < -0.4 is 9.47 Å². The molecular formula is C10H13ClO4S. The summed E-state index contributed by atoms with van der Waals surface area (Å²) >= 11 is 0. The van der Waals surface area contributed by atoms with Gasteiger partial charge in [-0.05, 0) is 18.1 Å². The van der Waals surface area contributed by atoms with Gasteiger partial charge in [0.05, 0.1) is 14.2 Å². The number of aryl methyl sites for hydroxylation is 1. The fourth-order valence-electron chi connectivity index (χ4n) is 1.48. The van der Waals surface area contributed by atoms with Gasteiger partial charge in [-0.15, -0.1) is 0 Å². The maximum atomic E-state index is 11.5. The van der Waals surface area contributed by atoms with Gasteiger partial charge in [-0.25, -0.2) is 8.42 Å². The zero-order chi connectivity index (χ0) is 12.3. The molecular weight excluding hydrogens is 252 g/mol. The SMILES string of the molecule is CCc1ccc(OC)c(S(=O)(=O)Cl)c1OC. The fourth-order valence-corrected chi connectivity index (χ4v) is 2.75. The summed E-state index contributed by atoms with van der Waals surface area (Å²) in [6.07, 6.45) is 0.645. The van der Waals surface area contributed by atoms with Gasteiger partial charge in [-0.1, -0.05) is 13.0 Å². The fraction of sp³-hybridized carbons (Fsp3) is 0.400. The minimum atomic E-state index is -3.90. The van der Waals surface area contributed by atoms with Crippen molar-refractivity contribution in [2.24, 2.45) is 0 Å². The molecule has 0 aromatic heterocycles. The Morgan fingerprint density at radius 2 is 1.88 bits per heavy atom. The number of ether oxygens (including phenoxy) is 2. The molecule has 1 aromatic rings. The molecule has 0 amide bonds. The molecule has 0 N–H and O–H groups in total. The van der Waals surface area contributed by atoms with Crippen molar-refractivity contribution in [2.45, 2.75) is 18.2 Å². The van der Waals surface area contributed by atoms with E-state index >= 15 is 0 Å². The number of rotatable bonds is 4. The summed E-state index contributed by atoms with van der Waals surface area (Å²) in [5.41, 5.74) is 0.766. The highest BCUT2D eigenvalue weighted by atomic mass is 35.7. The topological polar surface area (TPSA) is 52.6 Å². The molecule has 0 aliphatic carbocycles. The number of methoxy groups -OCH3 is 2. The van der Waals surface area contributed by atoms with Crippen molar-refractivity contribution in [3.05, 3.63) is 17.7 Å². The molecule has 0 spiro atoms. The normalized spacial score (nSPS) is 11.2. The summed E-state index contributed by atoms with van der Waals surface area (Å²) in [6, 6.07) is 3.32. The second-order valence-electron chi connectivity index (χ2n) is 3.08. The monoisotopic (exact) mass is 264 g/mol. The van der Waals surface area contributed by atoms with Gasteiger partial charge in [-0.3, -0.25) is 0 Å². The smallest absolute Gasteiger partial charge is 0.268 e. The molecule has 0 saturated heterocycles. The van der Waals surface area contributed by atoms with Crippen molar-refractivity contribution >= 4 is 19.7 Å². The van der Waals surface area contributed by atoms with Gasteiger partial charge in [-0.2, -0.15) is 0 Å². The zero-order valence-electron chi connectivity index (χ0n) is 9.28. The van der Waals surface area contributed by atoms with Gasteiger partial charge in [0.2, 0.25) is 0 Å². The maximum Gasteiger partial charge on any atom is 0.268 e. The maximum absolute atomic E-state index is 11.5. The van der Waals surface area contributed by atoms with E-state index in [1.807, 2.05) is 6.92 Å². The van der Waals surface area contributed by atoms with E-state index in [9.17, 15) is 8.42 Å². The second kappa shape index (κ2) is 4.93. The molecule has 0 heterocycles. The summed E-state index contributed by atoms with van der Waals surface area (Å²) in [5.74, 6) is 0.431. The number of hydrogen-bond acceptors (Lipinski definition) is 4. The highest BCUT2D eigenvalue weighted by Crippen LogP contribution is 2.38. The summed E-state index contributed by atoms with van der Waals surface area (Å²) in [4.78, 5) is -0.112. The number of hydrogen-bond donors (Lipinski definition) is 0. The highest BCUT2D eigenvalue weighted by molar-refractivity contribution is 8.14. The highest BCUT2D eigenvalue weighted by Gasteiger charge is 2.24. The summed E-state index contributed by atoms with van der Waals surface area (Å²) in [5, 5.41) is 0. The molecule has 0 saturated carbocycles. The lowest BCUT2D eigenvalue weighted by Gasteiger charge is -2.13. The van der Waals surface area contributed by atoms with E-state index in [0.717, 1.165) is 5.56 Å². The minimum absolute atomic E-state index is 0.112. The molecule has 1 rings (SSSR count). The van der Waals surface area contributed by atoms with E-state index < -0.39 is 9.05 Å². The van der Waals surface area contributed by atoms with Crippen LogP contribution >= 0.6 is 10.7 Å². The molecule has 0 aliphatic rings. The Kier molecular flexibility index (Phi) is 4.04. The lowest BCUT2D eigenvalue weighted by molar-refractivity contribution is 0.371. The zero-order valence-corrected chi connectivity index (χ0v) is 10.9. The van der Waals surface area contributed by atoms with Crippen molar-refractivity contribution in [1.29, 1.82) is 0 Å². The van der Waals surface area contributed by atoms with Crippen LogP contribution in [0.1, 0.15) is 12.5 Å². The molecule has 0 atom stereocenters.